The lowest BCUT2D eigenvalue weighted by molar-refractivity contribution is 0.0926. The van der Waals surface area contributed by atoms with Gasteiger partial charge in [0.25, 0.3) is 5.91 Å². The Morgan fingerprint density at radius 1 is 0.906 bits per heavy atom. The van der Waals surface area contributed by atoms with Crippen molar-refractivity contribution in [3.05, 3.63) is 70.9 Å². The summed E-state index contributed by atoms with van der Waals surface area (Å²) in [5.41, 5.74) is 6.33. The molecular formula is C28H35N3O. The molecule has 4 heteroatoms. The number of amides is 1. The third-order valence-corrected chi connectivity index (χ3v) is 6.39. The maximum absolute atomic E-state index is 12.7. The zero-order valence-electron chi connectivity index (χ0n) is 20.0. The number of rotatable bonds is 4. The molecule has 2 N–H and O–H groups in total. The van der Waals surface area contributed by atoms with Crippen LogP contribution in [0.25, 0.3) is 10.9 Å². The average Bonchev–Trinajstić information content (AvgIpc) is 2.73. The first-order chi connectivity index (χ1) is 15.2. The van der Waals surface area contributed by atoms with Crippen LogP contribution in [0.5, 0.6) is 0 Å². The van der Waals surface area contributed by atoms with Crippen LogP contribution >= 0.6 is 0 Å². The van der Waals surface area contributed by atoms with Gasteiger partial charge in [-0.25, -0.2) is 0 Å². The zero-order valence-corrected chi connectivity index (χ0v) is 20.0. The molecule has 0 aliphatic heterocycles. The third-order valence-electron chi connectivity index (χ3n) is 6.39. The van der Waals surface area contributed by atoms with Crippen LogP contribution in [-0.2, 0) is 5.41 Å². The Morgan fingerprint density at radius 3 is 2.19 bits per heavy atom. The molecule has 0 bridgehead atoms. The van der Waals surface area contributed by atoms with Gasteiger partial charge in [-0.05, 0) is 63.8 Å². The van der Waals surface area contributed by atoms with E-state index in [0.29, 0.717) is 6.04 Å². The summed E-state index contributed by atoms with van der Waals surface area (Å²) < 4.78 is 0. The number of carbonyl (C=O) groups excluding carboxylic acids is 1. The van der Waals surface area contributed by atoms with E-state index in [2.05, 4.69) is 67.8 Å². The lowest BCUT2D eigenvalue weighted by Gasteiger charge is -2.31. The average molecular weight is 430 g/mol. The van der Waals surface area contributed by atoms with E-state index in [1.807, 2.05) is 26.0 Å². The Morgan fingerprint density at radius 2 is 1.53 bits per heavy atom. The van der Waals surface area contributed by atoms with E-state index in [4.69, 9.17) is 4.98 Å². The standard InChI is InChI=1S/C28H35N3O/c1-18-14-19(2)16-20(15-18)27(32)30-22-12-10-21(11-13-22)29-25-17-26(28(3,4)5)31-24-9-7-6-8-23(24)25/h6-9,14-17,21-22H,10-13H2,1-5H3,(H,29,31)(H,30,32). The van der Waals surface area contributed by atoms with Crippen molar-refractivity contribution in [1.82, 2.24) is 10.3 Å². The molecule has 4 rings (SSSR count). The highest BCUT2D eigenvalue weighted by Crippen LogP contribution is 2.31. The molecule has 1 amide bonds. The fourth-order valence-corrected chi connectivity index (χ4v) is 4.66. The minimum absolute atomic E-state index is 0.00342. The molecule has 0 saturated heterocycles. The highest BCUT2D eigenvalue weighted by molar-refractivity contribution is 5.95. The van der Waals surface area contributed by atoms with Crippen LogP contribution in [0.15, 0.2) is 48.5 Å². The molecule has 2 aromatic carbocycles. The van der Waals surface area contributed by atoms with Gasteiger partial charge in [-0.15, -0.1) is 0 Å². The van der Waals surface area contributed by atoms with Crippen LogP contribution in [-0.4, -0.2) is 23.0 Å². The Bertz CT molecular complexity index is 1100. The molecule has 0 spiro atoms. The maximum Gasteiger partial charge on any atom is 0.251 e. The molecule has 0 atom stereocenters. The molecule has 3 aromatic rings. The van der Waals surface area contributed by atoms with Gasteiger partial charge in [-0.3, -0.25) is 9.78 Å². The lowest BCUT2D eigenvalue weighted by Crippen LogP contribution is -2.40. The summed E-state index contributed by atoms with van der Waals surface area (Å²) in [4.78, 5) is 17.6. The first kappa shape index (κ1) is 22.3. The van der Waals surface area contributed by atoms with Gasteiger partial charge < -0.3 is 10.6 Å². The number of hydrogen-bond donors (Lipinski definition) is 2. The number of aromatic nitrogens is 1. The number of fused-ring (bicyclic) bond motifs is 1. The van der Waals surface area contributed by atoms with Crippen molar-refractivity contribution in [3.63, 3.8) is 0 Å². The Kier molecular flexibility index (Phi) is 6.23. The Hall–Kier alpha value is -2.88. The fraction of sp³-hybridized carbons (Fsp3) is 0.429. The maximum atomic E-state index is 12.7. The lowest BCUT2D eigenvalue weighted by atomic mass is 9.89. The Balaban J connectivity index is 1.42. The highest BCUT2D eigenvalue weighted by Gasteiger charge is 2.24. The van der Waals surface area contributed by atoms with Gasteiger partial charge in [0.1, 0.15) is 0 Å². The number of benzene rings is 2. The number of carbonyl (C=O) groups is 1. The van der Waals surface area contributed by atoms with Gasteiger partial charge in [0.05, 0.1) is 5.52 Å². The summed E-state index contributed by atoms with van der Waals surface area (Å²) >= 11 is 0. The van der Waals surface area contributed by atoms with Crippen LogP contribution in [0.3, 0.4) is 0 Å². The summed E-state index contributed by atoms with van der Waals surface area (Å²) in [6.07, 6.45) is 4.06. The first-order valence-corrected chi connectivity index (χ1v) is 11.7. The van der Waals surface area contributed by atoms with Gasteiger partial charge in [0.2, 0.25) is 0 Å². The van der Waals surface area contributed by atoms with E-state index < -0.39 is 0 Å². The number of pyridine rings is 1. The van der Waals surface area contributed by atoms with Crippen LogP contribution < -0.4 is 10.6 Å². The molecule has 168 valence electrons. The predicted molar refractivity (Wildman–Crippen MR) is 133 cm³/mol. The molecule has 1 saturated carbocycles. The predicted octanol–water partition coefficient (Wildman–Crippen LogP) is 6.30. The molecule has 1 fully saturated rings. The zero-order chi connectivity index (χ0) is 22.9. The molecule has 1 aliphatic carbocycles. The summed E-state index contributed by atoms with van der Waals surface area (Å²) in [6.45, 7) is 10.7. The second kappa shape index (κ2) is 8.93. The van der Waals surface area contributed by atoms with Crippen molar-refractivity contribution in [3.8, 4) is 0 Å². The second-order valence-corrected chi connectivity index (χ2v) is 10.4. The van der Waals surface area contributed by atoms with Crippen LogP contribution in [0.4, 0.5) is 5.69 Å². The largest absolute Gasteiger partial charge is 0.382 e. The summed E-state index contributed by atoms with van der Waals surface area (Å²) in [6, 6.07) is 17.3. The second-order valence-electron chi connectivity index (χ2n) is 10.4. The summed E-state index contributed by atoms with van der Waals surface area (Å²) in [5.74, 6) is 0.0446. The summed E-state index contributed by atoms with van der Waals surface area (Å²) in [5, 5.41) is 8.23. The quantitative estimate of drug-likeness (QED) is 0.511. The minimum atomic E-state index is -0.00342. The number of nitrogens with zero attached hydrogens (tertiary/aromatic N) is 1. The van der Waals surface area contributed by atoms with Crippen molar-refractivity contribution in [2.45, 2.75) is 77.8 Å². The third kappa shape index (κ3) is 5.12. The number of aryl methyl sites for hydroxylation is 2. The summed E-state index contributed by atoms with van der Waals surface area (Å²) in [7, 11) is 0. The molecule has 0 unspecified atom stereocenters. The Labute approximate surface area is 191 Å². The SMILES string of the molecule is Cc1cc(C)cc(C(=O)NC2CCC(Nc3cc(C(C)(C)C)nc4ccccc34)CC2)c1. The van der Waals surface area contributed by atoms with Crippen molar-refractivity contribution >= 4 is 22.5 Å². The molecular weight excluding hydrogens is 394 g/mol. The smallest absolute Gasteiger partial charge is 0.251 e. The van der Waals surface area contributed by atoms with E-state index in [0.717, 1.165) is 53.6 Å². The highest BCUT2D eigenvalue weighted by atomic mass is 16.1. The number of nitrogens with one attached hydrogen (secondary N) is 2. The van der Waals surface area contributed by atoms with E-state index in [1.54, 1.807) is 0 Å². The van der Waals surface area contributed by atoms with Crippen molar-refractivity contribution in [2.75, 3.05) is 5.32 Å². The van der Waals surface area contributed by atoms with Crippen LogP contribution in [0.2, 0.25) is 0 Å². The first-order valence-electron chi connectivity index (χ1n) is 11.7. The number of anilines is 1. The van der Waals surface area contributed by atoms with Gasteiger partial charge >= 0.3 is 0 Å². The van der Waals surface area contributed by atoms with Gasteiger partial charge in [-0.2, -0.15) is 0 Å². The molecule has 1 heterocycles. The molecule has 32 heavy (non-hydrogen) atoms. The molecule has 1 aromatic heterocycles. The minimum Gasteiger partial charge on any atom is -0.382 e. The van der Waals surface area contributed by atoms with E-state index in [9.17, 15) is 4.79 Å². The van der Waals surface area contributed by atoms with Crippen LogP contribution in [0.1, 0.15) is 73.6 Å². The molecule has 4 nitrogen and oxygen atoms in total. The van der Waals surface area contributed by atoms with Crippen LogP contribution in [0, 0.1) is 13.8 Å². The normalized spacial score (nSPS) is 19.0. The molecule has 0 radical (unpaired) electrons. The molecule has 1 aliphatic rings. The fourth-order valence-electron chi connectivity index (χ4n) is 4.66. The number of hydrogen-bond acceptors (Lipinski definition) is 3. The van der Waals surface area contributed by atoms with Crippen molar-refractivity contribution in [2.24, 2.45) is 0 Å². The van der Waals surface area contributed by atoms with Crippen molar-refractivity contribution < 1.29 is 4.79 Å². The monoisotopic (exact) mass is 429 g/mol. The number of para-hydroxylation sites is 1. The van der Waals surface area contributed by atoms with E-state index in [1.165, 1.54) is 11.1 Å². The van der Waals surface area contributed by atoms with Gasteiger partial charge in [-0.1, -0.05) is 56.2 Å². The van der Waals surface area contributed by atoms with Gasteiger partial charge in [0.15, 0.2) is 0 Å². The van der Waals surface area contributed by atoms with E-state index >= 15 is 0 Å². The topological polar surface area (TPSA) is 54.0 Å². The van der Waals surface area contributed by atoms with Crippen molar-refractivity contribution in [1.29, 1.82) is 0 Å². The van der Waals surface area contributed by atoms with Gasteiger partial charge in [0, 0.05) is 39.8 Å². The van der Waals surface area contributed by atoms with E-state index in [-0.39, 0.29) is 17.4 Å².